The zero-order chi connectivity index (χ0) is 16.6. The molecular formula is C14H27BrO5Si. The normalized spacial score (nSPS) is 25.6. The summed E-state index contributed by atoms with van der Waals surface area (Å²) in [7, 11) is -2.12. The van der Waals surface area contributed by atoms with Gasteiger partial charge in [-0.05, 0) is 32.0 Å². The number of aliphatic carboxylic acids is 1. The van der Waals surface area contributed by atoms with Crippen molar-refractivity contribution in [3.05, 3.63) is 0 Å². The molecular weight excluding hydrogens is 356 g/mol. The van der Waals surface area contributed by atoms with E-state index >= 15 is 0 Å². The van der Waals surface area contributed by atoms with E-state index in [9.17, 15) is 9.90 Å². The second-order valence-electron chi connectivity index (χ2n) is 7.45. The molecule has 0 amide bonds. The minimum Gasteiger partial charge on any atom is -0.480 e. The lowest BCUT2D eigenvalue weighted by molar-refractivity contribution is -0.155. The van der Waals surface area contributed by atoms with Gasteiger partial charge in [0.1, 0.15) is 10.9 Å². The number of rotatable bonds is 5. The van der Waals surface area contributed by atoms with E-state index in [0.717, 1.165) is 0 Å². The topological polar surface area (TPSA) is 65.0 Å². The highest BCUT2D eigenvalue weighted by Crippen LogP contribution is 2.40. The molecule has 7 heteroatoms. The Bertz CT molecular complexity index is 391. The molecule has 21 heavy (non-hydrogen) atoms. The summed E-state index contributed by atoms with van der Waals surface area (Å²) in [4.78, 5) is 10.6. The summed E-state index contributed by atoms with van der Waals surface area (Å²) in [6, 6.07) is 0. The van der Waals surface area contributed by atoms with Crippen LogP contribution >= 0.6 is 15.9 Å². The van der Waals surface area contributed by atoms with Crippen molar-refractivity contribution in [2.45, 2.75) is 75.6 Å². The van der Waals surface area contributed by atoms with Gasteiger partial charge in [0, 0.05) is 0 Å². The second-order valence-corrected chi connectivity index (χ2v) is 13.2. The standard InChI is InChI=1S/C14H27BrO5Si/c1-13(2,3)21(6,7)20-11(10(15)12(16)17)9-8-18-14(4,5)19-9/h9-11H,8H2,1-7H3,(H,16,17)/t9-,10?,11-/m1/s1. The van der Waals surface area contributed by atoms with Crippen molar-refractivity contribution < 1.29 is 23.8 Å². The maximum absolute atomic E-state index is 11.4. The summed E-state index contributed by atoms with van der Waals surface area (Å²) in [5.41, 5.74) is 0. The van der Waals surface area contributed by atoms with Crippen LogP contribution in [-0.2, 0) is 18.7 Å². The molecule has 124 valence electrons. The van der Waals surface area contributed by atoms with Crippen LogP contribution in [0.15, 0.2) is 0 Å². The van der Waals surface area contributed by atoms with E-state index in [4.69, 9.17) is 13.9 Å². The van der Waals surface area contributed by atoms with E-state index in [0.29, 0.717) is 6.61 Å². The Hall–Kier alpha value is 0.0469. The predicted molar refractivity (Wildman–Crippen MR) is 87.3 cm³/mol. The zero-order valence-electron chi connectivity index (χ0n) is 13.9. The van der Waals surface area contributed by atoms with Crippen molar-refractivity contribution >= 4 is 30.2 Å². The number of halogens is 1. The highest BCUT2D eigenvalue weighted by atomic mass is 79.9. The largest absolute Gasteiger partial charge is 0.480 e. The lowest BCUT2D eigenvalue weighted by atomic mass is 10.1. The summed E-state index contributed by atoms with van der Waals surface area (Å²) < 4.78 is 17.7. The molecule has 0 aromatic carbocycles. The number of carboxylic acids is 1. The van der Waals surface area contributed by atoms with Crippen molar-refractivity contribution in [3.8, 4) is 0 Å². The zero-order valence-corrected chi connectivity index (χ0v) is 16.5. The third-order valence-electron chi connectivity index (χ3n) is 4.16. The van der Waals surface area contributed by atoms with Gasteiger partial charge < -0.3 is 19.0 Å². The molecule has 1 aliphatic heterocycles. The molecule has 1 N–H and O–H groups in total. The summed E-state index contributed by atoms with van der Waals surface area (Å²) >= 11 is 3.24. The Labute approximate surface area is 136 Å². The first-order chi connectivity index (χ1) is 9.27. The van der Waals surface area contributed by atoms with Gasteiger partial charge in [-0.1, -0.05) is 36.7 Å². The molecule has 3 atom stereocenters. The fraction of sp³-hybridized carbons (Fsp3) is 0.929. The summed E-state index contributed by atoms with van der Waals surface area (Å²) in [5.74, 6) is -1.66. The third-order valence-corrected chi connectivity index (χ3v) is 9.54. The third kappa shape index (κ3) is 4.76. The van der Waals surface area contributed by atoms with Gasteiger partial charge in [0.15, 0.2) is 14.1 Å². The highest BCUT2D eigenvalue weighted by molar-refractivity contribution is 9.10. The van der Waals surface area contributed by atoms with Crippen molar-refractivity contribution in [3.63, 3.8) is 0 Å². The van der Waals surface area contributed by atoms with E-state index in [1.807, 2.05) is 13.8 Å². The van der Waals surface area contributed by atoms with Crippen LogP contribution in [0.1, 0.15) is 34.6 Å². The monoisotopic (exact) mass is 382 g/mol. The quantitative estimate of drug-likeness (QED) is 0.583. The number of hydrogen-bond donors (Lipinski definition) is 1. The molecule has 5 nitrogen and oxygen atoms in total. The molecule has 0 bridgehead atoms. The van der Waals surface area contributed by atoms with Gasteiger partial charge >= 0.3 is 5.97 Å². The number of ether oxygens (including phenoxy) is 2. The predicted octanol–water partition coefficient (Wildman–Crippen LogP) is 3.38. The Morgan fingerprint density at radius 2 is 1.95 bits per heavy atom. The Balaban J connectivity index is 2.97. The SMILES string of the molecule is CC1(C)OC[C@H]([C@@H](O[Si](C)(C)C(C)(C)C)C(Br)C(=O)O)O1. The van der Waals surface area contributed by atoms with Crippen molar-refractivity contribution in [2.75, 3.05) is 6.61 Å². The van der Waals surface area contributed by atoms with Crippen LogP contribution < -0.4 is 0 Å². The Kier molecular flexibility index (Phi) is 5.70. The minimum absolute atomic E-state index is 0.00848. The molecule has 1 heterocycles. The molecule has 1 fully saturated rings. The van der Waals surface area contributed by atoms with Gasteiger partial charge in [0.25, 0.3) is 0 Å². The van der Waals surface area contributed by atoms with Gasteiger partial charge in [-0.25, -0.2) is 0 Å². The molecule has 0 radical (unpaired) electrons. The van der Waals surface area contributed by atoms with Crippen LogP contribution in [0.4, 0.5) is 0 Å². The summed E-state index contributed by atoms with van der Waals surface area (Å²) in [6.45, 7) is 14.5. The molecule has 0 saturated carbocycles. The van der Waals surface area contributed by atoms with Crippen LogP contribution in [0.25, 0.3) is 0 Å². The maximum Gasteiger partial charge on any atom is 0.320 e. The van der Waals surface area contributed by atoms with Gasteiger partial charge in [0.2, 0.25) is 0 Å². The molecule has 0 spiro atoms. The van der Waals surface area contributed by atoms with E-state index < -0.39 is 37.1 Å². The van der Waals surface area contributed by atoms with E-state index in [-0.39, 0.29) is 5.04 Å². The van der Waals surface area contributed by atoms with Crippen LogP contribution in [-0.4, -0.2) is 48.8 Å². The molecule has 1 rings (SSSR count). The lowest BCUT2D eigenvalue weighted by Crippen LogP contribution is -2.52. The smallest absolute Gasteiger partial charge is 0.320 e. The fourth-order valence-electron chi connectivity index (χ4n) is 1.86. The molecule has 0 aliphatic carbocycles. The van der Waals surface area contributed by atoms with E-state index in [2.05, 4.69) is 49.8 Å². The first kappa shape index (κ1) is 19.1. The summed E-state index contributed by atoms with van der Waals surface area (Å²) in [5, 5.41) is 9.33. The van der Waals surface area contributed by atoms with Crippen LogP contribution in [0.5, 0.6) is 0 Å². The number of carboxylic acid groups (broad SMARTS) is 1. The molecule has 1 aliphatic rings. The van der Waals surface area contributed by atoms with Gasteiger partial charge in [0.05, 0.1) is 12.7 Å². The van der Waals surface area contributed by atoms with Gasteiger partial charge in [-0.3, -0.25) is 4.79 Å². The van der Waals surface area contributed by atoms with Crippen molar-refractivity contribution in [2.24, 2.45) is 0 Å². The molecule has 1 saturated heterocycles. The molecule has 0 aromatic heterocycles. The Morgan fingerprint density at radius 3 is 2.29 bits per heavy atom. The average molecular weight is 383 g/mol. The van der Waals surface area contributed by atoms with Crippen molar-refractivity contribution in [1.29, 1.82) is 0 Å². The first-order valence-corrected chi connectivity index (χ1v) is 11.0. The van der Waals surface area contributed by atoms with E-state index in [1.165, 1.54) is 0 Å². The van der Waals surface area contributed by atoms with Crippen molar-refractivity contribution in [1.82, 2.24) is 0 Å². The van der Waals surface area contributed by atoms with Crippen LogP contribution in [0, 0.1) is 0 Å². The molecule has 0 aromatic rings. The van der Waals surface area contributed by atoms with Crippen LogP contribution in [0.2, 0.25) is 18.1 Å². The number of carbonyl (C=O) groups is 1. The molecule has 1 unspecified atom stereocenters. The van der Waals surface area contributed by atoms with Crippen LogP contribution in [0.3, 0.4) is 0 Å². The maximum atomic E-state index is 11.4. The van der Waals surface area contributed by atoms with Gasteiger partial charge in [-0.2, -0.15) is 0 Å². The second kappa shape index (κ2) is 6.27. The van der Waals surface area contributed by atoms with E-state index in [1.54, 1.807) is 0 Å². The Morgan fingerprint density at radius 1 is 1.43 bits per heavy atom. The first-order valence-electron chi connectivity index (χ1n) is 7.13. The summed E-state index contributed by atoms with van der Waals surface area (Å²) in [6.07, 6.45) is -0.972. The van der Waals surface area contributed by atoms with Gasteiger partial charge in [-0.15, -0.1) is 0 Å². The average Bonchev–Trinajstić information content (AvgIpc) is 2.63. The fourth-order valence-corrected chi connectivity index (χ4v) is 3.83. The highest BCUT2D eigenvalue weighted by Gasteiger charge is 2.47. The lowest BCUT2D eigenvalue weighted by Gasteiger charge is -2.41. The minimum atomic E-state index is -2.12. The number of hydrogen-bond acceptors (Lipinski definition) is 4. The number of alkyl halides is 1.